The van der Waals surface area contributed by atoms with Gasteiger partial charge in [0.25, 0.3) is 0 Å². The molecule has 1 atom stereocenters. The molecule has 0 aliphatic carbocycles. The van der Waals surface area contributed by atoms with Crippen molar-refractivity contribution in [1.29, 1.82) is 0 Å². The molecular weight excluding hydrogens is 252 g/mol. The highest BCUT2D eigenvalue weighted by atomic mass is 19.4. The molecule has 18 heavy (non-hydrogen) atoms. The van der Waals surface area contributed by atoms with Gasteiger partial charge < -0.3 is 4.74 Å². The Balaban J connectivity index is 2.36. The first-order valence-electron chi connectivity index (χ1n) is 5.39. The number of Topliss-reactive ketones (excluding diaryl/α,β-unsaturated/α-hetero) is 1. The fourth-order valence-corrected chi connectivity index (χ4v) is 1.90. The standard InChI is InChI=1S/C12H10F4O2/c13-10-8(11(17)7-4-5-18-6-7)2-1-3-9(10)12(14,15)16/h1-3,7H,4-6H2. The number of rotatable bonds is 2. The second-order valence-corrected chi connectivity index (χ2v) is 4.09. The van der Waals surface area contributed by atoms with Gasteiger partial charge in [-0.3, -0.25) is 4.79 Å². The van der Waals surface area contributed by atoms with Crippen LogP contribution >= 0.6 is 0 Å². The molecule has 0 N–H and O–H groups in total. The molecule has 1 unspecified atom stereocenters. The van der Waals surface area contributed by atoms with Crippen LogP contribution in [0.2, 0.25) is 0 Å². The van der Waals surface area contributed by atoms with E-state index in [9.17, 15) is 22.4 Å². The van der Waals surface area contributed by atoms with E-state index in [0.717, 1.165) is 12.1 Å². The van der Waals surface area contributed by atoms with Crippen LogP contribution in [0.15, 0.2) is 18.2 Å². The summed E-state index contributed by atoms with van der Waals surface area (Å²) in [6.45, 7) is 0.505. The number of carbonyl (C=O) groups excluding carboxylic acids is 1. The third kappa shape index (κ3) is 2.38. The summed E-state index contributed by atoms with van der Waals surface area (Å²) < 4.78 is 56.1. The zero-order valence-electron chi connectivity index (χ0n) is 9.26. The topological polar surface area (TPSA) is 26.3 Å². The lowest BCUT2D eigenvalue weighted by atomic mass is 9.95. The minimum absolute atomic E-state index is 0.133. The molecule has 1 fully saturated rings. The van der Waals surface area contributed by atoms with Gasteiger partial charge in [0.05, 0.1) is 17.7 Å². The molecule has 1 aromatic rings. The summed E-state index contributed by atoms with van der Waals surface area (Å²) in [5, 5.41) is 0. The maximum absolute atomic E-state index is 13.7. The van der Waals surface area contributed by atoms with Crippen LogP contribution in [0.1, 0.15) is 22.3 Å². The molecule has 0 spiro atoms. The first-order valence-corrected chi connectivity index (χ1v) is 5.39. The van der Waals surface area contributed by atoms with Crippen LogP contribution in [0.4, 0.5) is 17.6 Å². The smallest absolute Gasteiger partial charge is 0.381 e. The molecule has 2 rings (SSSR count). The predicted octanol–water partition coefficient (Wildman–Crippen LogP) is 3.06. The molecule has 6 heteroatoms. The van der Waals surface area contributed by atoms with Crippen LogP contribution in [0.5, 0.6) is 0 Å². The van der Waals surface area contributed by atoms with E-state index in [0.29, 0.717) is 19.1 Å². The summed E-state index contributed by atoms with van der Waals surface area (Å²) in [6.07, 6.45) is -4.39. The summed E-state index contributed by atoms with van der Waals surface area (Å²) >= 11 is 0. The summed E-state index contributed by atoms with van der Waals surface area (Å²) in [7, 11) is 0. The van der Waals surface area contributed by atoms with E-state index in [1.807, 2.05) is 0 Å². The van der Waals surface area contributed by atoms with E-state index in [-0.39, 0.29) is 6.61 Å². The maximum atomic E-state index is 13.7. The number of alkyl halides is 3. The molecular formula is C12H10F4O2. The molecule has 0 saturated carbocycles. The average Bonchev–Trinajstić information content (AvgIpc) is 2.80. The van der Waals surface area contributed by atoms with E-state index in [1.54, 1.807) is 0 Å². The summed E-state index contributed by atoms with van der Waals surface area (Å²) in [6, 6.07) is 2.73. The molecule has 0 amide bonds. The van der Waals surface area contributed by atoms with Crippen molar-refractivity contribution in [2.24, 2.45) is 5.92 Å². The number of hydrogen-bond donors (Lipinski definition) is 0. The second-order valence-electron chi connectivity index (χ2n) is 4.09. The lowest BCUT2D eigenvalue weighted by Gasteiger charge is -2.12. The number of benzene rings is 1. The number of ether oxygens (including phenoxy) is 1. The van der Waals surface area contributed by atoms with Gasteiger partial charge in [0.15, 0.2) is 5.78 Å². The molecule has 0 aromatic heterocycles. The summed E-state index contributed by atoms with van der Waals surface area (Å²) in [4.78, 5) is 11.9. The lowest BCUT2D eigenvalue weighted by molar-refractivity contribution is -0.140. The van der Waals surface area contributed by atoms with Crippen LogP contribution in [-0.4, -0.2) is 19.0 Å². The summed E-state index contributed by atoms with van der Waals surface area (Å²) in [5.41, 5.74) is -1.92. The van der Waals surface area contributed by atoms with Gasteiger partial charge in [0.1, 0.15) is 5.82 Å². The highest BCUT2D eigenvalue weighted by Crippen LogP contribution is 2.33. The van der Waals surface area contributed by atoms with E-state index >= 15 is 0 Å². The van der Waals surface area contributed by atoms with E-state index in [1.165, 1.54) is 0 Å². The van der Waals surface area contributed by atoms with Crippen molar-refractivity contribution in [2.45, 2.75) is 12.6 Å². The van der Waals surface area contributed by atoms with Crippen molar-refractivity contribution in [3.05, 3.63) is 35.1 Å². The lowest BCUT2D eigenvalue weighted by Crippen LogP contribution is -2.18. The monoisotopic (exact) mass is 262 g/mol. The Bertz CT molecular complexity index is 462. The zero-order valence-corrected chi connectivity index (χ0v) is 9.26. The van der Waals surface area contributed by atoms with Gasteiger partial charge in [-0.1, -0.05) is 6.07 Å². The minimum Gasteiger partial charge on any atom is -0.381 e. The van der Waals surface area contributed by atoms with Crippen molar-refractivity contribution in [1.82, 2.24) is 0 Å². The Hall–Kier alpha value is -1.43. The Morgan fingerprint density at radius 3 is 2.61 bits per heavy atom. The average molecular weight is 262 g/mol. The molecule has 98 valence electrons. The van der Waals surface area contributed by atoms with Crippen molar-refractivity contribution in [3.63, 3.8) is 0 Å². The highest BCUT2D eigenvalue weighted by Gasteiger charge is 2.36. The van der Waals surface area contributed by atoms with Gasteiger partial charge in [-0.2, -0.15) is 13.2 Å². The first-order chi connectivity index (χ1) is 8.41. The molecule has 2 nitrogen and oxygen atoms in total. The third-order valence-corrected chi connectivity index (χ3v) is 2.87. The fraction of sp³-hybridized carbons (Fsp3) is 0.417. The van der Waals surface area contributed by atoms with E-state index < -0.39 is 34.8 Å². The molecule has 1 heterocycles. The number of ketones is 1. The Kier molecular flexibility index (Phi) is 3.38. The molecule has 1 aromatic carbocycles. The van der Waals surface area contributed by atoms with Crippen LogP contribution in [0.3, 0.4) is 0 Å². The summed E-state index contributed by atoms with van der Waals surface area (Å²) in [5.74, 6) is -2.68. The van der Waals surface area contributed by atoms with Gasteiger partial charge in [-0.25, -0.2) is 4.39 Å². The third-order valence-electron chi connectivity index (χ3n) is 2.87. The number of halogens is 4. The zero-order chi connectivity index (χ0) is 13.3. The molecule has 1 aliphatic heterocycles. The van der Waals surface area contributed by atoms with E-state index in [2.05, 4.69) is 0 Å². The predicted molar refractivity (Wildman–Crippen MR) is 54.7 cm³/mol. The number of hydrogen-bond acceptors (Lipinski definition) is 2. The Labute approximate surface area is 101 Å². The van der Waals surface area contributed by atoms with Crippen molar-refractivity contribution in [2.75, 3.05) is 13.2 Å². The van der Waals surface area contributed by atoms with Crippen molar-refractivity contribution >= 4 is 5.78 Å². The van der Waals surface area contributed by atoms with Crippen molar-refractivity contribution < 1.29 is 27.1 Å². The largest absolute Gasteiger partial charge is 0.419 e. The van der Waals surface area contributed by atoms with Gasteiger partial charge >= 0.3 is 6.18 Å². The SMILES string of the molecule is O=C(c1cccc(C(F)(F)F)c1F)C1CCOC1. The normalized spacial score (nSPS) is 20.1. The highest BCUT2D eigenvalue weighted by molar-refractivity contribution is 5.98. The van der Waals surface area contributed by atoms with Crippen molar-refractivity contribution in [3.8, 4) is 0 Å². The Morgan fingerprint density at radius 1 is 1.33 bits per heavy atom. The Morgan fingerprint density at radius 2 is 2.06 bits per heavy atom. The minimum atomic E-state index is -4.80. The first kappa shape index (κ1) is 13.0. The van der Waals surface area contributed by atoms with Crippen LogP contribution < -0.4 is 0 Å². The fourth-order valence-electron chi connectivity index (χ4n) is 1.90. The van der Waals surface area contributed by atoms with Crippen LogP contribution in [-0.2, 0) is 10.9 Å². The molecule has 1 saturated heterocycles. The number of carbonyl (C=O) groups is 1. The van der Waals surface area contributed by atoms with Crippen LogP contribution in [0, 0.1) is 11.7 Å². The van der Waals surface area contributed by atoms with E-state index in [4.69, 9.17) is 4.74 Å². The van der Waals surface area contributed by atoms with Gasteiger partial charge in [-0.05, 0) is 18.6 Å². The molecule has 0 radical (unpaired) electrons. The molecule has 1 aliphatic rings. The van der Waals surface area contributed by atoms with Gasteiger partial charge in [0, 0.05) is 12.5 Å². The van der Waals surface area contributed by atoms with Crippen LogP contribution in [0.25, 0.3) is 0 Å². The van der Waals surface area contributed by atoms with Gasteiger partial charge in [0.2, 0.25) is 0 Å². The second kappa shape index (κ2) is 4.68. The quantitative estimate of drug-likeness (QED) is 0.604. The maximum Gasteiger partial charge on any atom is 0.419 e. The van der Waals surface area contributed by atoms with Gasteiger partial charge in [-0.15, -0.1) is 0 Å². The molecule has 0 bridgehead atoms.